The number of alkyl halides is 3. The van der Waals surface area contributed by atoms with Gasteiger partial charge in [-0.2, -0.15) is 13.2 Å². The molecule has 2 aromatic heterocycles. The summed E-state index contributed by atoms with van der Waals surface area (Å²) >= 11 is 0. The van der Waals surface area contributed by atoms with Gasteiger partial charge in [-0.15, -0.1) is 0 Å². The molecule has 0 fully saturated rings. The molecule has 2 heterocycles. The lowest BCUT2D eigenvalue weighted by Gasteiger charge is -2.14. The van der Waals surface area contributed by atoms with Gasteiger partial charge in [0.05, 0.1) is 5.56 Å². The second kappa shape index (κ2) is 9.15. The lowest BCUT2D eigenvalue weighted by atomic mass is 10.1. The van der Waals surface area contributed by atoms with Crippen LogP contribution in [0.5, 0.6) is 0 Å². The second-order valence-electron chi connectivity index (χ2n) is 7.42. The number of hydrogen-bond acceptors (Lipinski definition) is 3. The first-order valence-electron chi connectivity index (χ1n) is 10.1. The fourth-order valence-electron chi connectivity index (χ4n) is 3.44. The number of aryl methyl sites for hydroxylation is 1. The Morgan fingerprint density at radius 1 is 0.970 bits per heavy atom. The minimum atomic E-state index is -4.49. The summed E-state index contributed by atoms with van der Waals surface area (Å²) in [4.78, 5) is 20.8. The third-order valence-corrected chi connectivity index (χ3v) is 4.99. The van der Waals surface area contributed by atoms with Crippen LogP contribution in [-0.2, 0) is 12.7 Å². The van der Waals surface area contributed by atoms with Gasteiger partial charge in [-0.1, -0.05) is 18.2 Å². The summed E-state index contributed by atoms with van der Waals surface area (Å²) in [5.74, 6) is 0.786. The third-order valence-electron chi connectivity index (χ3n) is 4.99. The molecule has 0 aliphatic rings. The fourth-order valence-corrected chi connectivity index (χ4v) is 3.44. The molecule has 2 aromatic carbocycles. The molecule has 0 saturated heterocycles. The van der Waals surface area contributed by atoms with E-state index in [1.54, 1.807) is 36.8 Å². The fraction of sp³-hybridized carbons (Fsp3) is 0.125. The number of carbonyl (C=O) groups excluding carboxylic acids is 1. The Bertz CT molecular complexity index is 1270. The summed E-state index contributed by atoms with van der Waals surface area (Å²) < 4.78 is 41.3. The van der Waals surface area contributed by atoms with Gasteiger partial charge in [0.15, 0.2) is 0 Å². The Labute approximate surface area is 188 Å². The number of aromatic nitrogens is 3. The van der Waals surface area contributed by atoms with Crippen LogP contribution in [0, 0.1) is 6.92 Å². The highest BCUT2D eigenvalue weighted by Crippen LogP contribution is 2.33. The second-order valence-corrected chi connectivity index (χ2v) is 7.42. The molecule has 0 aliphatic carbocycles. The Morgan fingerprint density at radius 2 is 1.70 bits per heavy atom. The number of hydrogen-bond donors (Lipinski definition) is 2. The Kier molecular flexibility index (Phi) is 6.12. The monoisotopic (exact) mass is 451 g/mol. The number of anilines is 2. The molecule has 6 nitrogen and oxygen atoms in total. The zero-order valence-electron chi connectivity index (χ0n) is 17.6. The number of nitrogens with one attached hydrogen (secondary N) is 2. The Morgan fingerprint density at radius 3 is 2.42 bits per heavy atom. The molecule has 0 radical (unpaired) electrons. The SMILES string of the molecule is Cc1ccc(NC(=O)Nc2cccc(Cn3ccnc3-c3ccncc3)c2)cc1C(F)(F)F. The molecule has 9 heteroatoms. The molecular weight excluding hydrogens is 431 g/mol. The van der Waals surface area contributed by atoms with Gasteiger partial charge in [0, 0.05) is 48.3 Å². The zero-order chi connectivity index (χ0) is 23.4. The van der Waals surface area contributed by atoms with E-state index < -0.39 is 17.8 Å². The normalized spacial score (nSPS) is 11.3. The van der Waals surface area contributed by atoms with Crippen molar-refractivity contribution >= 4 is 17.4 Å². The van der Waals surface area contributed by atoms with E-state index in [1.807, 2.05) is 29.0 Å². The van der Waals surface area contributed by atoms with Crippen LogP contribution in [0.2, 0.25) is 0 Å². The molecule has 0 spiro atoms. The highest BCUT2D eigenvalue weighted by molar-refractivity contribution is 5.99. The number of carbonyl (C=O) groups is 1. The number of urea groups is 1. The van der Waals surface area contributed by atoms with Crippen molar-refractivity contribution < 1.29 is 18.0 Å². The van der Waals surface area contributed by atoms with E-state index in [9.17, 15) is 18.0 Å². The topological polar surface area (TPSA) is 71.8 Å². The van der Waals surface area contributed by atoms with Gasteiger partial charge < -0.3 is 15.2 Å². The van der Waals surface area contributed by atoms with Gasteiger partial charge in [-0.3, -0.25) is 4.98 Å². The minimum absolute atomic E-state index is 0.0574. The largest absolute Gasteiger partial charge is 0.416 e. The van der Waals surface area contributed by atoms with Crippen LogP contribution < -0.4 is 10.6 Å². The zero-order valence-corrected chi connectivity index (χ0v) is 17.6. The number of imidazole rings is 1. The molecule has 2 N–H and O–H groups in total. The van der Waals surface area contributed by atoms with Crippen molar-refractivity contribution in [2.24, 2.45) is 0 Å². The lowest BCUT2D eigenvalue weighted by molar-refractivity contribution is -0.138. The van der Waals surface area contributed by atoms with Crippen molar-refractivity contribution in [1.82, 2.24) is 14.5 Å². The molecule has 168 valence electrons. The van der Waals surface area contributed by atoms with E-state index in [0.717, 1.165) is 23.0 Å². The maximum atomic E-state index is 13.1. The average molecular weight is 451 g/mol. The molecule has 0 atom stereocenters. The summed E-state index contributed by atoms with van der Waals surface area (Å²) in [6.07, 6.45) is 2.47. The summed E-state index contributed by atoms with van der Waals surface area (Å²) in [5, 5.41) is 5.12. The standard InChI is InChI=1S/C24H20F3N5O/c1-16-5-6-20(14-21(16)24(25,26)27)31-23(33)30-19-4-2-3-17(13-19)15-32-12-11-29-22(32)18-7-9-28-10-8-18/h2-14H,15H2,1H3,(H2,30,31,33). The van der Waals surface area contributed by atoms with Gasteiger partial charge in [0.2, 0.25) is 0 Å². The van der Waals surface area contributed by atoms with Gasteiger partial charge >= 0.3 is 12.2 Å². The summed E-state index contributed by atoms with van der Waals surface area (Å²) in [6, 6.07) is 14.0. The van der Waals surface area contributed by atoms with Gasteiger partial charge in [-0.05, 0) is 54.4 Å². The van der Waals surface area contributed by atoms with Crippen molar-refractivity contribution in [3.63, 3.8) is 0 Å². The number of nitrogens with zero attached hydrogens (tertiary/aromatic N) is 3. The number of pyridine rings is 1. The van der Waals surface area contributed by atoms with Gasteiger partial charge in [0.25, 0.3) is 0 Å². The van der Waals surface area contributed by atoms with Crippen LogP contribution in [0.15, 0.2) is 79.4 Å². The highest BCUT2D eigenvalue weighted by Gasteiger charge is 2.32. The molecule has 0 aliphatic heterocycles. The van der Waals surface area contributed by atoms with Crippen molar-refractivity contribution in [3.8, 4) is 11.4 Å². The quantitative estimate of drug-likeness (QED) is 0.393. The van der Waals surface area contributed by atoms with Crippen LogP contribution in [0.25, 0.3) is 11.4 Å². The van der Waals surface area contributed by atoms with Crippen LogP contribution in [0.1, 0.15) is 16.7 Å². The summed E-state index contributed by atoms with van der Waals surface area (Å²) in [5.41, 5.74) is 1.72. The van der Waals surface area contributed by atoms with E-state index in [0.29, 0.717) is 12.2 Å². The molecule has 0 bridgehead atoms. The van der Waals surface area contributed by atoms with Crippen molar-refractivity contribution in [2.45, 2.75) is 19.6 Å². The first kappa shape index (κ1) is 22.1. The minimum Gasteiger partial charge on any atom is -0.327 e. The van der Waals surface area contributed by atoms with E-state index in [1.165, 1.54) is 19.1 Å². The molecule has 4 rings (SSSR count). The predicted octanol–water partition coefficient (Wildman–Crippen LogP) is 5.96. The smallest absolute Gasteiger partial charge is 0.327 e. The Hall–Kier alpha value is -4.14. The van der Waals surface area contributed by atoms with Crippen LogP contribution in [0.4, 0.5) is 29.3 Å². The maximum absolute atomic E-state index is 13.1. The number of amides is 2. The third kappa shape index (κ3) is 5.38. The highest BCUT2D eigenvalue weighted by atomic mass is 19.4. The molecule has 33 heavy (non-hydrogen) atoms. The first-order chi connectivity index (χ1) is 15.8. The van der Waals surface area contributed by atoms with E-state index >= 15 is 0 Å². The van der Waals surface area contributed by atoms with Crippen LogP contribution in [-0.4, -0.2) is 20.6 Å². The number of rotatable bonds is 5. The van der Waals surface area contributed by atoms with Gasteiger partial charge in [0.1, 0.15) is 5.82 Å². The molecule has 4 aromatic rings. The Balaban J connectivity index is 1.45. The van der Waals surface area contributed by atoms with Crippen molar-refractivity contribution in [1.29, 1.82) is 0 Å². The first-order valence-corrected chi connectivity index (χ1v) is 10.1. The summed E-state index contributed by atoms with van der Waals surface area (Å²) in [6.45, 7) is 1.89. The summed E-state index contributed by atoms with van der Waals surface area (Å²) in [7, 11) is 0. The maximum Gasteiger partial charge on any atom is 0.416 e. The van der Waals surface area contributed by atoms with E-state index in [-0.39, 0.29) is 11.3 Å². The molecule has 0 unspecified atom stereocenters. The number of halogens is 3. The van der Waals surface area contributed by atoms with Crippen molar-refractivity contribution in [3.05, 3.63) is 96.1 Å². The van der Waals surface area contributed by atoms with Crippen LogP contribution in [0.3, 0.4) is 0 Å². The molecule has 2 amide bonds. The predicted molar refractivity (Wildman–Crippen MR) is 120 cm³/mol. The molecular formula is C24H20F3N5O. The molecule has 0 saturated carbocycles. The number of benzene rings is 2. The van der Waals surface area contributed by atoms with Gasteiger partial charge in [-0.25, -0.2) is 9.78 Å². The average Bonchev–Trinajstić information content (AvgIpc) is 3.23. The lowest BCUT2D eigenvalue weighted by Crippen LogP contribution is -2.20. The van der Waals surface area contributed by atoms with Crippen LogP contribution >= 0.6 is 0 Å². The van der Waals surface area contributed by atoms with E-state index in [4.69, 9.17) is 0 Å². The van der Waals surface area contributed by atoms with Crippen molar-refractivity contribution in [2.75, 3.05) is 10.6 Å². The van der Waals surface area contributed by atoms with E-state index in [2.05, 4.69) is 20.6 Å².